The molecule has 0 radical (unpaired) electrons. The Labute approximate surface area is 123 Å². The monoisotopic (exact) mass is 281 g/mol. The maximum absolute atomic E-state index is 14.0. The normalized spacial score (nSPS) is 16.8. The van der Waals surface area contributed by atoms with E-state index in [4.69, 9.17) is 5.26 Å². The van der Waals surface area contributed by atoms with E-state index in [0.29, 0.717) is 17.7 Å². The first kappa shape index (κ1) is 13.4. The molecule has 1 aliphatic heterocycles. The zero-order valence-electron chi connectivity index (χ0n) is 11.8. The lowest BCUT2D eigenvalue weighted by atomic mass is 10.1. The average Bonchev–Trinajstić information content (AvgIpc) is 2.52. The smallest absolute Gasteiger partial charge is 0.128 e. The Morgan fingerprint density at radius 2 is 2.14 bits per heavy atom. The number of nitrogens with one attached hydrogen (secondary N) is 1. The molecule has 0 aliphatic carbocycles. The van der Waals surface area contributed by atoms with Crippen LogP contribution in [0.4, 0.5) is 15.8 Å². The number of nitrogens with zero attached hydrogens (tertiary/aromatic N) is 2. The van der Waals surface area contributed by atoms with Crippen LogP contribution in [0, 0.1) is 17.1 Å². The Morgan fingerprint density at radius 1 is 1.33 bits per heavy atom. The molecular formula is C17H16FN3. The molecule has 2 aromatic rings. The van der Waals surface area contributed by atoms with E-state index in [1.54, 1.807) is 6.07 Å². The fourth-order valence-electron chi connectivity index (χ4n) is 2.67. The molecule has 0 aromatic heterocycles. The summed E-state index contributed by atoms with van der Waals surface area (Å²) in [6, 6.07) is 14.8. The molecule has 1 atom stereocenters. The highest BCUT2D eigenvalue weighted by Gasteiger charge is 2.23. The molecule has 0 amide bonds. The Hall–Kier alpha value is -2.54. The Balaban J connectivity index is 1.96. The second-order valence-corrected chi connectivity index (χ2v) is 5.29. The molecule has 0 saturated carbocycles. The van der Waals surface area contributed by atoms with Gasteiger partial charge in [-0.2, -0.15) is 5.26 Å². The van der Waals surface area contributed by atoms with Crippen LogP contribution in [0.15, 0.2) is 42.5 Å². The lowest BCUT2D eigenvalue weighted by Crippen LogP contribution is -2.41. The molecule has 0 saturated heterocycles. The summed E-state index contributed by atoms with van der Waals surface area (Å²) in [4.78, 5) is 2.17. The van der Waals surface area contributed by atoms with Crippen LogP contribution in [0.3, 0.4) is 0 Å². The van der Waals surface area contributed by atoms with E-state index in [9.17, 15) is 4.39 Å². The third-order valence-corrected chi connectivity index (χ3v) is 3.85. The molecule has 1 heterocycles. The molecular weight excluding hydrogens is 265 g/mol. The SMILES string of the molecule is CC1CNc2ccccc2N1Cc1cc(C#N)ccc1F. The first-order valence-electron chi connectivity index (χ1n) is 6.97. The maximum atomic E-state index is 14.0. The van der Waals surface area contributed by atoms with Crippen molar-refractivity contribution in [2.24, 2.45) is 0 Å². The standard InChI is InChI=1S/C17H16FN3/c1-12-10-20-16-4-2-3-5-17(16)21(12)11-14-8-13(9-19)6-7-15(14)18/h2-8,12,20H,10-11H2,1H3. The van der Waals surface area contributed by atoms with Crippen LogP contribution >= 0.6 is 0 Å². The summed E-state index contributed by atoms with van der Waals surface area (Å²) < 4.78 is 14.0. The molecule has 3 rings (SSSR count). The Morgan fingerprint density at radius 3 is 2.95 bits per heavy atom. The molecule has 1 aliphatic rings. The second kappa shape index (κ2) is 5.45. The summed E-state index contributed by atoms with van der Waals surface area (Å²) in [5, 5.41) is 12.4. The zero-order chi connectivity index (χ0) is 14.8. The Kier molecular flexibility index (Phi) is 3.49. The van der Waals surface area contributed by atoms with Crippen LogP contribution in [-0.2, 0) is 6.54 Å². The van der Waals surface area contributed by atoms with Crippen molar-refractivity contribution in [2.75, 3.05) is 16.8 Å². The van der Waals surface area contributed by atoms with Gasteiger partial charge in [0.2, 0.25) is 0 Å². The lowest BCUT2D eigenvalue weighted by molar-refractivity contribution is 0.584. The van der Waals surface area contributed by atoms with Gasteiger partial charge in [-0.3, -0.25) is 0 Å². The molecule has 1 N–H and O–H groups in total. The molecule has 106 valence electrons. The fourth-order valence-corrected chi connectivity index (χ4v) is 2.67. The summed E-state index contributed by atoms with van der Waals surface area (Å²) >= 11 is 0. The fraction of sp³-hybridized carbons (Fsp3) is 0.235. The molecule has 3 nitrogen and oxygen atoms in total. The minimum atomic E-state index is -0.266. The first-order valence-corrected chi connectivity index (χ1v) is 6.97. The van der Waals surface area contributed by atoms with E-state index in [0.717, 1.165) is 17.9 Å². The average molecular weight is 281 g/mol. The number of benzene rings is 2. The van der Waals surface area contributed by atoms with Gasteiger partial charge in [0, 0.05) is 24.7 Å². The highest BCUT2D eigenvalue weighted by Crippen LogP contribution is 2.32. The van der Waals surface area contributed by atoms with Crippen molar-refractivity contribution in [3.05, 3.63) is 59.4 Å². The number of fused-ring (bicyclic) bond motifs is 1. The number of anilines is 2. The van der Waals surface area contributed by atoms with Gasteiger partial charge in [0.25, 0.3) is 0 Å². The van der Waals surface area contributed by atoms with Crippen molar-refractivity contribution in [1.29, 1.82) is 5.26 Å². The molecule has 0 fully saturated rings. The predicted molar refractivity (Wildman–Crippen MR) is 81.7 cm³/mol. The van der Waals surface area contributed by atoms with E-state index < -0.39 is 0 Å². The summed E-state index contributed by atoms with van der Waals surface area (Å²) in [7, 11) is 0. The van der Waals surface area contributed by atoms with Crippen molar-refractivity contribution >= 4 is 11.4 Å². The summed E-state index contributed by atoms with van der Waals surface area (Å²) in [6.07, 6.45) is 0. The van der Waals surface area contributed by atoms with Gasteiger partial charge in [0.1, 0.15) is 5.82 Å². The van der Waals surface area contributed by atoms with Crippen LogP contribution in [0.25, 0.3) is 0 Å². The Bertz CT molecular complexity index is 705. The van der Waals surface area contributed by atoms with Crippen LogP contribution in [0.2, 0.25) is 0 Å². The molecule has 21 heavy (non-hydrogen) atoms. The molecule has 0 spiro atoms. The number of halogens is 1. The number of rotatable bonds is 2. The number of para-hydroxylation sites is 2. The number of nitriles is 1. The van der Waals surface area contributed by atoms with Gasteiger partial charge in [-0.1, -0.05) is 12.1 Å². The molecule has 0 bridgehead atoms. The van der Waals surface area contributed by atoms with Gasteiger partial charge in [-0.05, 0) is 37.3 Å². The summed E-state index contributed by atoms with van der Waals surface area (Å²) in [5.74, 6) is -0.266. The first-order chi connectivity index (χ1) is 10.2. The van der Waals surface area contributed by atoms with Crippen molar-refractivity contribution in [3.63, 3.8) is 0 Å². The van der Waals surface area contributed by atoms with Gasteiger partial charge in [0.15, 0.2) is 0 Å². The second-order valence-electron chi connectivity index (χ2n) is 5.29. The lowest BCUT2D eigenvalue weighted by Gasteiger charge is -2.37. The largest absolute Gasteiger partial charge is 0.381 e. The van der Waals surface area contributed by atoms with E-state index in [2.05, 4.69) is 23.2 Å². The quantitative estimate of drug-likeness (QED) is 0.915. The number of hydrogen-bond acceptors (Lipinski definition) is 3. The molecule has 1 unspecified atom stereocenters. The topological polar surface area (TPSA) is 39.1 Å². The van der Waals surface area contributed by atoms with E-state index in [1.165, 1.54) is 12.1 Å². The van der Waals surface area contributed by atoms with Gasteiger partial charge in [0.05, 0.1) is 23.0 Å². The van der Waals surface area contributed by atoms with Crippen LogP contribution < -0.4 is 10.2 Å². The van der Waals surface area contributed by atoms with Crippen molar-refractivity contribution in [3.8, 4) is 6.07 Å². The van der Waals surface area contributed by atoms with Crippen LogP contribution in [0.5, 0.6) is 0 Å². The molecule has 2 aromatic carbocycles. The van der Waals surface area contributed by atoms with Gasteiger partial charge in [-0.15, -0.1) is 0 Å². The predicted octanol–water partition coefficient (Wildman–Crippen LogP) is 3.52. The van der Waals surface area contributed by atoms with Crippen molar-refractivity contribution < 1.29 is 4.39 Å². The van der Waals surface area contributed by atoms with E-state index in [1.807, 2.05) is 24.3 Å². The third kappa shape index (κ3) is 2.55. The van der Waals surface area contributed by atoms with E-state index >= 15 is 0 Å². The van der Waals surface area contributed by atoms with Crippen molar-refractivity contribution in [2.45, 2.75) is 19.5 Å². The minimum Gasteiger partial charge on any atom is -0.381 e. The summed E-state index contributed by atoms with van der Waals surface area (Å²) in [6.45, 7) is 3.38. The highest BCUT2D eigenvalue weighted by molar-refractivity contribution is 5.72. The highest BCUT2D eigenvalue weighted by atomic mass is 19.1. The molecule has 4 heteroatoms. The van der Waals surface area contributed by atoms with Gasteiger partial charge < -0.3 is 10.2 Å². The van der Waals surface area contributed by atoms with Crippen LogP contribution in [-0.4, -0.2) is 12.6 Å². The van der Waals surface area contributed by atoms with E-state index in [-0.39, 0.29) is 11.9 Å². The van der Waals surface area contributed by atoms with Gasteiger partial charge in [-0.25, -0.2) is 4.39 Å². The van der Waals surface area contributed by atoms with Crippen molar-refractivity contribution in [1.82, 2.24) is 0 Å². The van der Waals surface area contributed by atoms with Crippen LogP contribution in [0.1, 0.15) is 18.1 Å². The maximum Gasteiger partial charge on any atom is 0.128 e. The van der Waals surface area contributed by atoms with Gasteiger partial charge >= 0.3 is 0 Å². The summed E-state index contributed by atoms with van der Waals surface area (Å²) in [5.41, 5.74) is 3.17. The third-order valence-electron chi connectivity index (χ3n) is 3.85. The number of hydrogen-bond donors (Lipinski definition) is 1. The zero-order valence-corrected chi connectivity index (χ0v) is 11.8. The minimum absolute atomic E-state index is 0.255.